The minimum atomic E-state index is -3.47. The van der Waals surface area contributed by atoms with E-state index in [4.69, 9.17) is 10.00 Å². The molecule has 0 rings (SSSR count). The predicted molar refractivity (Wildman–Crippen MR) is 53.1 cm³/mol. The van der Waals surface area contributed by atoms with Crippen LogP contribution in [0.15, 0.2) is 0 Å². The van der Waals surface area contributed by atoms with Gasteiger partial charge in [-0.15, -0.1) is 0 Å². The molecule has 14 heavy (non-hydrogen) atoms. The van der Waals surface area contributed by atoms with Crippen LogP contribution in [0.1, 0.15) is 19.8 Å². The number of ether oxygens (including phenoxy) is 1. The highest BCUT2D eigenvalue weighted by atomic mass is 32.2. The van der Waals surface area contributed by atoms with Gasteiger partial charge in [0.2, 0.25) is 10.0 Å². The van der Waals surface area contributed by atoms with Gasteiger partial charge in [-0.05, 0) is 6.42 Å². The van der Waals surface area contributed by atoms with Crippen LogP contribution < -0.4 is 4.72 Å². The summed E-state index contributed by atoms with van der Waals surface area (Å²) in [5, 5.41) is 8.27. The van der Waals surface area contributed by atoms with Gasteiger partial charge in [-0.2, -0.15) is 5.26 Å². The topological polar surface area (TPSA) is 79.2 Å². The van der Waals surface area contributed by atoms with Crippen molar-refractivity contribution in [2.45, 2.75) is 25.8 Å². The van der Waals surface area contributed by atoms with Crippen LogP contribution in [0.3, 0.4) is 0 Å². The summed E-state index contributed by atoms with van der Waals surface area (Å²) in [4.78, 5) is 0. The van der Waals surface area contributed by atoms with E-state index >= 15 is 0 Å². The molecular formula is C8H16N2O3S. The minimum Gasteiger partial charge on any atom is -0.383 e. The Bertz CT molecular complexity index is 275. The van der Waals surface area contributed by atoms with Gasteiger partial charge in [0.15, 0.2) is 5.75 Å². The molecule has 1 atom stereocenters. The van der Waals surface area contributed by atoms with Gasteiger partial charge in [0.05, 0.1) is 12.7 Å². The third-order valence-electron chi connectivity index (χ3n) is 1.61. The molecule has 0 saturated carbocycles. The number of nitriles is 1. The molecule has 1 unspecified atom stereocenters. The Morgan fingerprint density at radius 1 is 1.57 bits per heavy atom. The second-order valence-electron chi connectivity index (χ2n) is 2.98. The Morgan fingerprint density at radius 3 is 2.64 bits per heavy atom. The Morgan fingerprint density at radius 2 is 2.21 bits per heavy atom. The molecule has 0 aromatic heterocycles. The van der Waals surface area contributed by atoms with Crippen molar-refractivity contribution in [3.05, 3.63) is 0 Å². The molecule has 0 aromatic carbocycles. The molecule has 0 aliphatic rings. The lowest BCUT2D eigenvalue weighted by Gasteiger charge is -2.15. The van der Waals surface area contributed by atoms with Crippen molar-refractivity contribution in [2.24, 2.45) is 0 Å². The fourth-order valence-corrected chi connectivity index (χ4v) is 2.05. The summed E-state index contributed by atoms with van der Waals surface area (Å²) in [6.07, 6.45) is 1.57. The van der Waals surface area contributed by atoms with Gasteiger partial charge in [-0.25, -0.2) is 13.1 Å². The fraction of sp³-hybridized carbons (Fsp3) is 0.875. The average molecular weight is 220 g/mol. The van der Waals surface area contributed by atoms with Crippen molar-refractivity contribution in [3.63, 3.8) is 0 Å². The van der Waals surface area contributed by atoms with Gasteiger partial charge in [-0.1, -0.05) is 13.3 Å². The normalized spacial score (nSPS) is 13.5. The number of hydrogen-bond donors (Lipinski definition) is 1. The zero-order valence-electron chi connectivity index (χ0n) is 8.49. The fourth-order valence-electron chi connectivity index (χ4n) is 1.11. The van der Waals surface area contributed by atoms with Gasteiger partial charge in [0.25, 0.3) is 0 Å². The summed E-state index contributed by atoms with van der Waals surface area (Å²) in [6.45, 7) is 2.29. The van der Waals surface area contributed by atoms with Crippen LogP contribution in [0, 0.1) is 11.3 Å². The second kappa shape index (κ2) is 6.76. The van der Waals surface area contributed by atoms with Crippen LogP contribution in [0.2, 0.25) is 0 Å². The van der Waals surface area contributed by atoms with Gasteiger partial charge < -0.3 is 4.74 Å². The molecule has 0 aliphatic heterocycles. The maximum absolute atomic E-state index is 11.2. The van der Waals surface area contributed by atoms with Crippen molar-refractivity contribution >= 4 is 10.0 Å². The molecule has 0 heterocycles. The molecule has 1 N–H and O–H groups in total. The molecule has 0 bridgehead atoms. The standard InChI is InChI=1S/C8H16N2O3S/c1-3-4-8(7-13-2)10-14(11,12)6-5-9/h8,10H,3-4,6-7H2,1-2H3. The van der Waals surface area contributed by atoms with Gasteiger partial charge in [0.1, 0.15) is 0 Å². The first-order valence-corrected chi connectivity index (χ1v) is 6.06. The van der Waals surface area contributed by atoms with Crippen LogP contribution in [-0.4, -0.2) is 33.9 Å². The Kier molecular flexibility index (Phi) is 6.45. The van der Waals surface area contributed by atoms with E-state index in [1.165, 1.54) is 7.11 Å². The highest BCUT2D eigenvalue weighted by Gasteiger charge is 2.16. The first-order valence-electron chi connectivity index (χ1n) is 4.41. The zero-order chi connectivity index (χ0) is 11.0. The highest BCUT2D eigenvalue weighted by Crippen LogP contribution is 1.99. The van der Waals surface area contributed by atoms with Crippen molar-refractivity contribution in [2.75, 3.05) is 19.5 Å². The molecule has 82 valence electrons. The van der Waals surface area contributed by atoms with E-state index in [1.807, 2.05) is 6.92 Å². The molecule has 0 aromatic rings. The maximum atomic E-state index is 11.2. The Hall–Kier alpha value is -0.640. The van der Waals surface area contributed by atoms with Gasteiger partial charge in [-0.3, -0.25) is 0 Å². The van der Waals surface area contributed by atoms with Crippen molar-refractivity contribution < 1.29 is 13.2 Å². The van der Waals surface area contributed by atoms with E-state index in [1.54, 1.807) is 6.07 Å². The molecular weight excluding hydrogens is 204 g/mol. The van der Waals surface area contributed by atoms with Crippen LogP contribution in [0.4, 0.5) is 0 Å². The number of methoxy groups -OCH3 is 1. The quantitative estimate of drug-likeness (QED) is 0.666. The number of sulfonamides is 1. The molecule has 5 nitrogen and oxygen atoms in total. The SMILES string of the molecule is CCCC(COC)NS(=O)(=O)CC#N. The summed E-state index contributed by atoms with van der Waals surface area (Å²) in [5.74, 6) is -0.503. The van der Waals surface area contributed by atoms with Crippen molar-refractivity contribution in [3.8, 4) is 6.07 Å². The number of hydrogen-bond acceptors (Lipinski definition) is 4. The molecule has 0 aliphatic carbocycles. The van der Waals surface area contributed by atoms with Crippen LogP contribution in [0.25, 0.3) is 0 Å². The smallest absolute Gasteiger partial charge is 0.225 e. The molecule has 0 amide bonds. The van der Waals surface area contributed by atoms with Crippen LogP contribution >= 0.6 is 0 Å². The third-order valence-corrected chi connectivity index (χ3v) is 2.81. The lowest BCUT2D eigenvalue weighted by molar-refractivity contribution is 0.171. The average Bonchev–Trinajstić information content (AvgIpc) is 2.03. The summed E-state index contributed by atoms with van der Waals surface area (Å²) in [7, 11) is -1.95. The third kappa shape index (κ3) is 5.91. The maximum Gasteiger partial charge on any atom is 0.225 e. The minimum absolute atomic E-state index is 0.233. The van der Waals surface area contributed by atoms with E-state index in [-0.39, 0.29) is 6.04 Å². The lowest BCUT2D eigenvalue weighted by Crippen LogP contribution is -2.38. The van der Waals surface area contributed by atoms with Crippen molar-refractivity contribution in [1.29, 1.82) is 5.26 Å². The summed E-state index contributed by atoms with van der Waals surface area (Å²) < 4.78 is 29.7. The van der Waals surface area contributed by atoms with E-state index in [0.29, 0.717) is 13.0 Å². The molecule has 0 radical (unpaired) electrons. The second-order valence-corrected chi connectivity index (χ2v) is 4.73. The van der Waals surface area contributed by atoms with Crippen molar-refractivity contribution in [1.82, 2.24) is 4.72 Å². The monoisotopic (exact) mass is 220 g/mol. The summed E-state index contributed by atoms with van der Waals surface area (Å²) in [6, 6.07) is 1.37. The molecule has 0 fully saturated rings. The predicted octanol–water partition coefficient (Wildman–Crippen LogP) is 0.244. The summed E-state index contributed by atoms with van der Waals surface area (Å²) in [5.41, 5.74) is 0. The number of rotatable bonds is 7. The van der Waals surface area contributed by atoms with Gasteiger partial charge >= 0.3 is 0 Å². The lowest BCUT2D eigenvalue weighted by atomic mass is 10.2. The van der Waals surface area contributed by atoms with Crippen LogP contribution in [-0.2, 0) is 14.8 Å². The number of nitrogens with one attached hydrogen (secondary N) is 1. The summed E-state index contributed by atoms with van der Waals surface area (Å²) >= 11 is 0. The van der Waals surface area contributed by atoms with Crippen LogP contribution in [0.5, 0.6) is 0 Å². The van der Waals surface area contributed by atoms with E-state index in [9.17, 15) is 8.42 Å². The Labute approximate surface area is 85.1 Å². The zero-order valence-corrected chi connectivity index (χ0v) is 9.30. The Balaban J connectivity index is 4.22. The first kappa shape index (κ1) is 13.4. The van der Waals surface area contributed by atoms with E-state index in [0.717, 1.165) is 6.42 Å². The molecule has 0 saturated heterocycles. The molecule has 0 spiro atoms. The number of nitrogens with zero attached hydrogens (tertiary/aromatic N) is 1. The first-order chi connectivity index (χ1) is 6.55. The molecule has 6 heteroatoms. The van der Waals surface area contributed by atoms with E-state index in [2.05, 4.69) is 4.72 Å². The van der Waals surface area contributed by atoms with E-state index < -0.39 is 15.8 Å². The largest absolute Gasteiger partial charge is 0.383 e. The van der Waals surface area contributed by atoms with Gasteiger partial charge in [0, 0.05) is 13.2 Å². The highest BCUT2D eigenvalue weighted by molar-refractivity contribution is 7.89.